The summed E-state index contributed by atoms with van der Waals surface area (Å²) in [4.78, 5) is 8.41. The predicted molar refractivity (Wildman–Crippen MR) is 180 cm³/mol. The van der Waals surface area contributed by atoms with Crippen molar-refractivity contribution in [2.24, 2.45) is 0 Å². The molecule has 2 aromatic heterocycles. The molecule has 256 valence electrons. The minimum Gasteiger partial charge on any atom is -0.399 e. The lowest BCUT2D eigenvalue weighted by Crippen LogP contribution is -2.05. The molecule has 0 saturated carbocycles. The molecule has 0 atom stereocenters. The van der Waals surface area contributed by atoms with Gasteiger partial charge in [-0.05, 0) is 54.6 Å². The lowest BCUT2D eigenvalue weighted by atomic mass is 10.1. The lowest BCUT2D eigenvalue weighted by molar-refractivity contribution is -0.138. The van der Waals surface area contributed by atoms with Crippen LogP contribution in [0.1, 0.15) is 11.1 Å². The monoisotopic (exact) mass is 722 g/mol. The van der Waals surface area contributed by atoms with Gasteiger partial charge in [-0.15, -0.1) is 22.7 Å². The lowest BCUT2D eigenvalue weighted by Gasteiger charge is -2.09. The third-order valence-corrected chi connectivity index (χ3v) is 7.91. The van der Waals surface area contributed by atoms with Gasteiger partial charge in [-0.25, -0.2) is 18.7 Å². The highest BCUT2D eigenvalue weighted by molar-refractivity contribution is 7.14. The number of nitrogens with one attached hydrogen (secondary N) is 2. The van der Waals surface area contributed by atoms with Gasteiger partial charge in [0.1, 0.15) is 11.6 Å². The number of alkyl halides is 6. The van der Waals surface area contributed by atoms with Gasteiger partial charge in [0.25, 0.3) is 0 Å². The maximum Gasteiger partial charge on any atom is 0.416 e. The van der Waals surface area contributed by atoms with Crippen LogP contribution < -0.4 is 22.1 Å². The molecule has 0 radical (unpaired) electrons. The fraction of sp³-hybridized carbons (Fsp3) is 0.0909. The molecular weight excluding hydrogens is 697 g/mol. The molecule has 0 aliphatic rings. The molecule has 6 nitrogen and oxygen atoms in total. The molecule has 0 aliphatic heterocycles. The third-order valence-electron chi connectivity index (χ3n) is 6.30. The van der Waals surface area contributed by atoms with Gasteiger partial charge in [-0.2, -0.15) is 26.3 Å². The van der Waals surface area contributed by atoms with Crippen LogP contribution in [0.2, 0.25) is 0 Å². The van der Waals surface area contributed by atoms with Crippen molar-refractivity contribution in [2.45, 2.75) is 12.4 Å². The molecule has 16 heteroatoms. The first kappa shape index (κ1) is 36.6. The van der Waals surface area contributed by atoms with E-state index < -0.39 is 29.3 Å². The van der Waals surface area contributed by atoms with Crippen molar-refractivity contribution in [1.82, 2.24) is 9.97 Å². The molecule has 49 heavy (non-hydrogen) atoms. The van der Waals surface area contributed by atoms with Crippen LogP contribution in [0.4, 0.5) is 62.4 Å². The van der Waals surface area contributed by atoms with Crippen molar-refractivity contribution < 1.29 is 35.1 Å². The molecule has 0 amide bonds. The second-order valence-electron chi connectivity index (χ2n) is 9.87. The van der Waals surface area contributed by atoms with Crippen LogP contribution in [-0.4, -0.2) is 17.0 Å². The fourth-order valence-corrected chi connectivity index (χ4v) is 5.37. The maximum atomic E-state index is 13.8. The molecule has 6 N–H and O–H groups in total. The van der Waals surface area contributed by atoms with E-state index in [1.54, 1.807) is 29.9 Å². The van der Waals surface area contributed by atoms with E-state index in [4.69, 9.17) is 11.5 Å². The number of hydrogen-bond acceptors (Lipinski definition) is 8. The molecule has 4 aromatic carbocycles. The second-order valence-corrected chi connectivity index (χ2v) is 11.6. The van der Waals surface area contributed by atoms with Crippen molar-refractivity contribution in [3.05, 3.63) is 125 Å². The second kappa shape index (κ2) is 15.8. The van der Waals surface area contributed by atoms with Crippen LogP contribution in [0.5, 0.6) is 0 Å². The zero-order chi connectivity index (χ0) is 35.8. The number of nitrogen functional groups attached to an aromatic ring is 2. The highest BCUT2D eigenvalue weighted by Crippen LogP contribution is 2.34. The Morgan fingerprint density at radius 1 is 0.592 bits per heavy atom. The summed E-state index contributed by atoms with van der Waals surface area (Å²) < 4.78 is 101. The summed E-state index contributed by atoms with van der Waals surface area (Å²) in [5, 5.41) is 10.2. The SMILES string of the molecule is CNc1nc(-c2cc(N)ccc2F)cs1.FC(F)(F)c1ccccc1.Nc1ccc(F)c(-c2csc(Nc3cccc(C(F)(F)F)c3)n2)c1. The van der Waals surface area contributed by atoms with Crippen molar-refractivity contribution in [2.75, 3.05) is 29.1 Å². The van der Waals surface area contributed by atoms with Crippen LogP contribution in [-0.2, 0) is 12.4 Å². The molecule has 0 unspecified atom stereocenters. The van der Waals surface area contributed by atoms with Gasteiger partial charge >= 0.3 is 12.4 Å². The highest BCUT2D eigenvalue weighted by atomic mass is 32.1. The van der Waals surface area contributed by atoms with Gasteiger partial charge in [0.15, 0.2) is 10.3 Å². The number of halogens is 8. The van der Waals surface area contributed by atoms with E-state index >= 15 is 0 Å². The van der Waals surface area contributed by atoms with Crippen molar-refractivity contribution in [3.8, 4) is 22.5 Å². The number of hydrogen-bond donors (Lipinski definition) is 4. The summed E-state index contributed by atoms with van der Waals surface area (Å²) in [6.07, 6.45) is -8.63. The summed E-state index contributed by atoms with van der Waals surface area (Å²) >= 11 is 2.59. The first-order chi connectivity index (χ1) is 23.1. The van der Waals surface area contributed by atoms with Gasteiger partial charge < -0.3 is 22.1 Å². The van der Waals surface area contributed by atoms with Crippen molar-refractivity contribution in [3.63, 3.8) is 0 Å². The Balaban J connectivity index is 0.000000184. The number of nitrogens with two attached hydrogens (primary N) is 2. The molecule has 0 saturated heterocycles. The van der Waals surface area contributed by atoms with Crippen molar-refractivity contribution >= 4 is 50.0 Å². The van der Waals surface area contributed by atoms with Crippen LogP contribution in [0, 0.1) is 11.6 Å². The number of aromatic nitrogens is 2. The van der Waals surface area contributed by atoms with Crippen LogP contribution in [0.3, 0.4) is 0 Å². The van der Waals surface area contributed by atoms with E-state index in [-0.39, 0.29) is 17.1 Å². The van der Waals surface area contributed by atoms with E-state index in [1.165, 1.54) is 65.9 Å². The van der Waals surface area contributed by atoms with Gasteiger partial charge in [0.2, 0.25) is 0 Å². The Morgan fingerprint density at radius 3 is 1.55 bits per heavy atom. The van der Waals surface area contributed by atoms with E-state index in [9.17, 15) is 35.1 Å². The molecule has 0 spiro atoms. The Bertz CT molecular complexity index is 1970. The van der Waals surface area contributed by atoms with Crippen molar-refractivity contribution in [1.29, 1.82) is 0 Å². The first-order valence-corrected chi connectivity index (χ1v) is 15.7. The average Bonchev–Trinajstić information content (AvgIpc) is 3.74. The number of benzene rings is 4. The van der Waals surface area contributed by atoms with E-state index in [1.807, 2.05) is 0 Å². The van der Waals surface area contributed by atoms with Gasteiger partial charge in [-0.3, -0.25) is 0 Å². The number of nitrogens with zero attached hydrogens (tertiary/aromatic N) is 2. The predicted octanol–water partition coefficient (Wildman–Crippen LogP) is 10.6. The van der Waals surface area contributed by atoms with E-state index in [0.717, 1.165) is 40.7 Å². The van der Waals surface area contributed by atoms with E-state index in [2.05, 4.69) is 20.6 Å². The number of thiazole rings is 2. The molecule has 0 aliphatic carbocycles. The van der Waals surface area contributed by atoms with E-state index in [0.29, 0.717) is 33.5 Å². The normalized spacial score (nSPS) is 11.1. The molecule has 6 aromatic rings. The quantitative estimate of drug-likeness (QED) is 0.104. The standard InChI is InChI=1S/C16H11F4N3S.C10H10FN3S.C7H5F3/c17-13-5-4-10(21)7-12(13)14-8-24-15(23-14)22-11-3-1-2-9(6-11)16(18,19)20;1-13-10-14-9(5-15-10)7-4-6(12)2-3-8(7)11;8-7(9,10)6-4-2-1-3-5-6/h1-8H,21H2,(H,22,23);2-5H,12H2,1H3,(H,13,14);1-5H. The zero-order valence-electron chi connectivity index (χ0n) is 25.2. The average molecular weight is 723 g/mol. The number of rotatable bonds is 5. The Morgan fingerprint density at radius 2 is 1.08 bits per heavy atom. The summed E-state index contributed by atoms with van der Waals surface area (Å²) in [5.41, 5.74) is 12.7. The maximum absolute atomic E-state index is 13.8. The Kier molecular flexibility index (Phi) is 11.8. The molecule has 6 rings (SSSR count). The summed E-state index contributed by atoms with van der Waals surface area (Å²) in [5.74, 6) is -0.780. The molecule has 2 heterocycles. The highest BCUT2D eigenvalue weighted by Gasteiger charge is 2.30. The molecular formula is C33H26F8N6S2. The summed E-state index contributed by atoms with van der Waals surface area (Å²) in [7, 11) is 1.78. The largest absolute Gasteiger partial charge is 0.416 e. The molecule has 0 fully saturated rings. The first-order valence-electron chi connectivity index (χ1n) is 13.9. The Labute approximate surface area is 283 Å². The number of anilines is 5. The third kappa shape index (κ3) is 10.4. The van der Waals surface area contributed by atoms with Gasteiger partial charge in [0, 0.05) is 46.0 Å². The van der Waals surface area contributed by atoms with Gasteiger partial charge in [0.05, 0.1) is 22.5 Å². The topological polar surface area (TPSA) is 102 Å². The zero-order valence-corrected chi connectivity index (χ0v) is 26.8. The van der Waals surface area contributed by atoms with Crippen LogP contribution >= 0.6 is 22.7 Å². The fourth-order valence-electron chi connectivity index (χ4n) is 3.97. The molecule has 0 bridgehead atoms. The van der Waals surface area contributed by atoms with Crippen LogP contribution in [0.25, 0.3) is 22.5 Å². The summed E-state index contributed by atoms with van der Waals surface area (Å²) in [6, 6.07) is 19.7. The van der Waals surface area contributed by atoms with Crippen LogP contribution in [0.15, 0.2) is 102 Å². The minimum atomic E-state index is -4.42. The minimum absolute atomic E-state index is 0.239. The summed E-state index contributed by atoms with van der Waals surface area (Å²) in [6.45, 7) is 0. The smallest absolute Gasteiger partial charge is 0.399 e. The Hall–Kier alpha value is -5.22. The van der Waals surface area contributed by atoms with Gasteiger partial charge in [-0.1, -0.05) is 36.4 Å².